The van der Waals surface area contributed by atoms with Crippen molar-refractivity contribution in [3.8, 4) is 5.75 Å². The predicted molar refractivity (Wildman–Crippen MR) is 97.5 cm³/mol. The molecule has 1 N–H and O–H groups in total. The van der Waals surface area contributed by atoms with Gasteiger partial charge >= 0.3 is 0 Å². The Bertz CT molecular complexity index is 877. The number of nitrogens with one attached hydrogen (secondary N) is 1. The zero-order valence-electron chi connectivity index (χ0n) is 14.9. The van der Waals surface area contributed by atoms with Crippen molar-refractivity contribution < 1.29 is 9.13 Å². The van der Waals surface area contributed by atoms with Crippen molar-refractivity contribution in [1.82, 2.24) is 4.98 Å². The average molecular weight is 325 g/mol. The van der Waals surface area contributed by atoms with E-state index in [-0.39, 0.29) is 5.82 Å². The summed E-state index contributed by atoms with van der Waals surface area (Å²) in [7, 11) is 1.55. The Hall–Kier alpha value is -2.29. The molecule has 3 rings (SSSR count). The van der Waals surface area contributed by atoms with Crippen LogP contribution in [0.1, 0.15) is 50.4 Å². The molecule has 0 aliphatic heterocycles. The molecule has 0 atom stereocenters. The van der Waals surface area contributed by atoms with E-state index >= 15 is 0 Å². The SMILES string of the molecule is COc1ccc(C(C)(C)c2cc3cc(C(C)C)ccc3[nH]2)c(F)c1. The van der Waals surface area contributed by atoms with Gasteiger partial charge in [-0.05, 0) is 46.7 Å². The molecule has 0 fully saturated rings. The summed E-state index contributed by atoms with van der Waals surface area (Å²) in [6.45, 7) is 8.44. The minimum absolute atomic E-state index is 0.249. The fraction of sp³-hybridized carbons (Fsp3) is 0.333. The van der Waals surface area contributed by atoms with E-state index in [1.54, 1.807) is 19.2 Å². The molecule has 126 valence electrons. The topological polar surface area (TPSA) is 25.0 Å². The molecule has 24 heavy (non-hydrogen) atoms. The summed E-state index contributed by atoms with van der Waals surface area (Å²) in [5.74, 6) is 0.769. The van der Waals surface area contributed by atoms with Crippen LogP contribution in [0.2, 0.25) is 0 Å². The Kier molecular flexibility index (Phi) is 4.12. The van der Waals surface area contributed by atoms with Gasteiger partial charge in [-0.25, -0.2) is 4.39 Å². The average Bonchev–Trinajstić information content (AvgIpc) is 2.98. The second kappa shape index (κ2) is 5.97. The van der Waals surface area contributed by atoms with Crippen molar-refractivity contribution in [3.63, 3.8) is 0 Å². The zero-order chi connectivity index (χ0) is 17.5. The molecule has 0 saturated heterocycles. The van der Waals surface area contributed by atoms with E-state index in [9.17, 15) is 4.39 Å². The maximum Gasteiger partial charge on any atom is 0.131 e. The number of halogens is 1. The molecule has 1 heterocycles. The van der Waals surface area contributed by atoms with Gasteiger partial charge in [-0.15, -0.1) is 0 Å². The number of aromatic nitrogens is 1. The van der Waals surface area contributed by atoms with Gasteiger partial charge in [0.1, 0.15) is 11.6 Å². The van der Waals surface area contributed by atoms with Crippen molar-refractivity contribution >= 4 is 10.9 Å². The van der Waals surface area contributed by atoms with Gasteiger partial charge in [0.25, 0.3) is 0 Å². The Labute approximate surface area is 142 Å². The molecule has 0 unspecified atom stereocenters. The summed E-state index contributed by atoms with van der Waals surface area (Å²) in [5, 5.41) is 1.16. The van der Waals surface area contributed by atoms with Gasteiger partial charge in [0, 0.05) is 22.7 Å². The molecular formula is C21H24FNO. The standard InChI is InChI=1S/C21H24FNO/c1-13(2)14-6-9-19-15(10-14)11-20(23-19)21(3,4)17-8-7-16(24-5)12-18(17)22/h6-13,23H,1-5H3. The van der Waals surface area contributed by atoms with Crippen molar-refractivity contribution in [3.05, 3.63) is 65.1 Å². The summed E-state index contributed by atoms with van der Waals surface area (Å²) in [5.41, 5.74) is 3.58. The zero-order valence-corrected chi connectivity index (χ0v) is 14.9. The summed E-state index contributed by atoms with van der Waals surface area (Å²) in [4.78, 5) is 3.46. The minimum Gasteiger partial charge on any atom is -0.497 e. The van der Waals surface area contributed by atoms with E-state index in [2.05, 4.69) is 43.1 Å². The highest BCUT2D eigenvalue weighted by atomic mass is 19.1. The molecule has 0 aliphatic carbocycles. The lowest BCUT2D eigenvalue weighted by Crippen LogP contribution is -2.21. The van der Waals surface area contributed by atoms with Crippen molar-refractivity contribution in [2.45, 2.75) is 39.0 Å². The van der Waals surface area contributed by atoms with Crippen LogP contribution < -0.4 is 4.74 Å². The Morgan fingerprint density at radius 2 is 1.79 bits per heavy atom. The van der Waals surface area contributed by atoms with Crippen LogP contribution >= 0.6 is 0 Å². The number of ether oxygens (including phenoxy) is 1. The highest BCUT2D eigenvalue weighted by molar-refractivity contribution is 5.82. The Balaban J connectivity index is 2.07. The number of aromatic amines is 1. The van der Waals surface area contributed by atoms with Crippen LogP contribution in [0.5, 0.6) is 5.75 Å². The van der Waals surface area contributed by atoms with Crippen LogP contribution in [0.15, 0.2) is 42.5 Å². The monoisotopic (exact) mass is 325 g/mol. The van der Waals surface area contributed by atoms with E-state index in [1.807, 2.05) is 13.8 Å². The van der Waals surface area contributed by atoms with Crippen LogP contribution in [0.3, 0.4) is 0 Å². The minimum atomic E-state index is -0.465. The Morgan fingerprint density at radius 1 is 1.04 bits per heavy atom. The molecule has 3 heteroatoms. The number of hydrogen-bond acceptors (Lipinski definition) is 1. The van der Waals surface area contributed by atoms with E-state index in [0.717, 1.165) is 16.6 Å². The maximum atomic E-state index is 14.5. The fourth-order valence-electron chi connectivity index (χ4n) is 3.12. The number of benzene rings is 2. The van der Waals surface area contributed by atoms with Crippen LogP contribution in [-0.2, 0) is 5.41 Å². The third-order valence-corrected chi connectivity index (χ3v) is 4.83. The molecule has 2 nitrogen and oxygen atoms in total. The first-order valence-electron chi connectivity index (χ1n) is 8.30. The van der Waals surface area contributed by atoms with Gasteiger partial charge in [0.05, 0.1) is 7.11 Å². The lowest BCUT2D eigenvalue weighted by molar-refractivity contribution is 0.409. The van der Waals surface area contributed by atoms with Gasteiger partial charge in [-0.2, -0.15) is 0 Å². The first kappa shape index (κ1) is 16.6. The molecule has 0 spiro atoms. The second-order valence-corrected chi connectivity index (χ2v) is 7.16. The molecule has 0 aliphatic rings. The summed E-state index contributed by atoms with van der Waals surface area (Å²) >= 11 is 0. The van der Waals surface area contributed by atoms with Gasteiger partial charge in [-0.3, -0.25) is 0 Å². The Morgan fingerprint density at radius 3 is 2.42 bits per heavy atom. The number of methoxy groups -OCH3 is 1. The highest BCUT2D eigenvalue weighted by Gasteiger charge is 2.28. The first-order chi connectivity index (χ1) is 11.3. The molecule has 0 bridgehead atoms. The quantitative estimate of drug-likeness (QED) is 0.647. The highest BCUT2D eigenvalue weighted by Crippen LogP contribution is 2.36. The van der Waals surface area contributed by atoms with Crippen molar-refractivity contribution in [1.29, 1.82) is 0 Å². The maximum absolute atomic E-state index is 14.5. The second-order valence-electron chi connectivity index (χ2n) is 7.16. The first-order valence-corrected chi connectivity index (χ1v) is 8.30. The van der Waals surface area contributed by atoms with Crippen LogP contribution in [0.4, 0.5) is 4.39 Å². The molecule has 3 aromatic rings. The third-order valence-electron chi connectivity index (χ3n) is 4.83. The van der Waals surface area contributed by atoms with Gasteiger partial charge in [0.2, 0.25) is 0 Å². The largest absolute Gasteiger partial charge is 0.497 e. The molecule has 1 aromatic heterocycles. The van der Waals surface area contributed by atoms with Crippen LogP contribution in [0.25, 0.3) is 10.9 Å². The third kappa shape index (κ3) is 2.79. The molecular weight excluding hydrogens is 301 g/mol. The molecule has 0 amide bonds. The number of H-pyrrole nitrogens is 1. The number of fused-ring (bicyclic) bond motifs is 1. The smallest absolute Gasteiger partial charge is 0.131 e. The summed E-state index contributed by atoms with van der Waals surface area (Å²) < 4.78 is 19.7. The van der Waals surface area contributed by atoms with E-state index in [4.69, 9.17) is 4.74 Å². The van der Waals surface area contributed by atoms with Gasteiger partial charge in [0.15, 0.2) is 0 Å². The van der Waals surface area contributed by atoms with E-state index < -0.39 is 5.41 Å². The van der Waals surface area contributed by atoms with Gasteiger partial charge in [-0.1, -0.05) is 39.8 Å². The molecule has 0 radical (unpaired) electrons. The van der Waals surface area contributed by atoms with Crippen molar-refractivity contribution in [2.75, 3.05) is 7.11 Å². The number of rotatable bonds is 4. The number of hydrogen-bond donors (Lipinski definition) is 1. The summed E-state index contributed by atoms with van der Waals surface area (Å²) in [6, 6.07) is 13.6. The van der Waals surface area contributed by atoms with E-state index in [1.165, 1.54) is 11.6 Å². The van der Waals surface area contributed by atoms with Crippen LogP contribution in [-0.4, -0.2) is 12.1 Å². The van der Waals surface area contributed by atoms with Gasteiger partial charge < -0.3 is 9.72 Å². The lowest BCUT2D eigenvalue weighted by atomic mass is 9.81. The fourth-order valence-corrected chi connectivity index (χ4v) is 3.12. The normalized spacial score (nSPS) is 12.1. The molecule has 0 saturated carbocycles. The predicted octanol–water partition coefficient (Wildman–Crippen LogP) is 5.76. The van der Waals surface area contributed by atoms with Crippen molar-refractivity contribution in [2.24, 2.45) is 0 Å². The van der Waals surface area contributed by atoms with Crippen LogP contribution in [0, 0.1) is 5.82 Å². The summed E-state index contributed by atoms with van der Waals surface area (Å²) in [6.07, 6.45) is 0. The molecule has 2 aromatic carbocycles. The lowest BCUT2D eigenvalue weighted by Gasteiger charge is -2.25. The van der Waals surface area contributed by atoms with E-state index in [0.29, 0.717) is 17.2 Å².